The van der Waals surface area contributed by atoms with E-state index < -0.39 is 16.7 Å². The third-order valence-electron chi connectivity index (χ3n) is 1.08. The first-order valence-electron chi connectivity index (χ1n) is 3.85. The van der Waals surface area contributed by atoms with Crippen molar-refractivity contribution in [3.05, 3.63) is 16.7 Å². The molecule has 0 amide bonds. The van der Waals surface area contributed by atoms with Crippen molar-refractivity contribution in [3.8, 4) is 12.3 Å². The molecule has 0 aromatic heterocycles. The van der Waals surface area contributed by atoms with Gasteiger partial charge in [0.2, 0.25) is 0 Å². The van der Waals surface area contributed by atoms with Crippen LogP contribution in [0.4, 0.5) is 0 Å². The van der Waals surface area contributed by atoms with Crippen molar-refractivity contribution in [2.24, 2.45) is 0 Å². The first-order chi connectivity index (χ1) is 5.87. The maximum absolute atomic E-state index is 11.2. The maximum Gasteiger partial charge on any atom is 0.191 e. The highest BCUT2D eigenvalue weighted by Gasteiger charge is 2.16. The van der Waals surface area contributed by atoms with E-state index in [1.807, 2.05) is 13.8 Å². The molecule has 0 N–H and O–H groups in total. The Morgan fingerprint density at radius 2 is 2.08 bits per heavy atom. The van der Waals surface area contributed by atoms with E-state index >= 15 is 0 Å². The average Bonchev–Trinajstić information content (AvgIpc) is 2.00. The van der Waals surface area contributed by atoms with Crippen LogP contribution >= 0.6 is 0 Å². The lowest BCUT2D eigenvalue weighted by atomic mass is 10.2. The van der Waals surface area contributed by atoms with Crippen LogP contribution in [0.5, 0.6) is 0 Å². The summed E-state index contributed by atoms with van der Waals surface area (Å²) in [4.78, 5) is 0. The van der Waals surface area contributed by atoms with Crippen molar-refractivity contribution in [2.45, 2.75) is 33.3 Å². The molecule has 1 atom stereocenters. The highest BCUT2D eigenvalue weighted by atomic mass is 32.2. The molecule has 0 aromatic rings. The standard InChI is InChI=1S/C10H14O2S/c1-6-10(4,5)12-13(11)8-7-9(2)3/h1,8H,2-5H3. The van der Waals surface area contributed by atoms with Gasteiger partial charge < -0.3 is 0 Å². The van der Waals surface area contributed by atoms with E-state index in [4.69, 9.17) is 10.6 Å². The lowest BCUT2D eigenvalue weighted by molar-refractivity contribution is 0.199. The first-order valence-corrected chi connectivity index (χ1v) is 4.99. The number of rotatable bonds is 3. The number of hydrogen-bond acceptors (Lipinski definition) is 2. The summed E-state index contributed by atoms with van der Waals surface area (Å²) in [6.45, 7) is 7.09. The highest BCUT2D eigenvalue weighted by Crippen LogP contribution is 2.09. The molecule has 0 fully saturated rings. The van der Waals surface area contributed by atoms with Crippen LogP contribution in [0.3, 0.4) is 0 Å². The van der Waals surface area contributed by atoms with Gasteiger partial charge in [0.1, 0.15) is 5.60 Å². The molecule has 0 aromatic carbocycles. The van der Waals surface area contributed by atoms with Gasteiger partial charge in [-0.1, -0.05) is 5.92 Å². The summed E-state index contributed by atoms with van der Waals surface area (Å²) < 4.78 is 16.2. The van der Waals surface area contributed by atoms with Gasteiger partial charge >= 0.3 is 0 Å². The second-order valence-electron chi connectivity index (χ2n) is 3.26. The van der Waals surface area contributed by atoms with Crippen LogP contribution in [-0.2, 0) is 15.3 Å². The summed E-state index contributed by atoms with van der Waals surface area (Å²) in [5.41, 5.74) is 2.93. The lowest BCUT2D eigenvalue weighted by Gasteiger charge is -2.14. The van der Waals surface area contributed by atoms with E-state index in [1.165, 1.54) is 5.41 Å². The summed E-state index contributed by atoms with van der Waals surface area (Å²) in [6.07, 6.45) is 5.16. The van der Waals surface area contributed by atoms with E-state index in [-0.39, 0.29) is 0 Å². The number of allylic oxidation sites excluding steroid dienone is 1. The van der Waals surface area contributed by atoms with Crippen molar-refractivity contribution in [2.75, 3.05) is 0 Å². The fourth-order valence-corrected chi connectivity index (χ4v) is 1.26. The molecule has 0 heterocycles. The van der Waals surface area contributed by atoms with Crippen LogP contribution in [0.15, 0.2) is 16.7 Å². The monoisotopic (exact) mass is 198 g/mol. The lowest BCUT2D eigenvalue weighted by Crippen LogP contribution is -2.21. The van der Waals surface area contributed by atoms with Gasteiger partial charge in [0.15, 0.2) is 11.1 Å². The van der Waals surface area contributed by atoms with Crippen molar-refractivity contribution < 1.29 is 8.39 Å². The molecule has 0 saturated carbocycles. The van der Waals surface area contributed by atoms with Crippen LogP contribution in [-0.4, -0.2) is 9.81 Å². The molecule has 1 unspecified atom stereocenters. The second kappa shape index (κ2) is 5.04. The molecular formula is C10H14O2S. The Hall–Kier alpha value is -0.810. The molecule has 0 spiro atoms. The molecular weight excluding hydrogens is 184 g/mol. The topological polar surface area (TPSA) is 26.3 Å². The fraction of sp³-hybridized carbons (Fsp3) is 0.500. The molecule has 13 heavy (non-hydrogen) atoms. The SMILES string of the molecule is C#CC(C)(C)OS(=O)C=C=C(C)C. The highest BCUT2D eigenvalue weighted by molar-refractivity contribution is 7.83. The van der Waals surface area contributed by atoms with E-state index in [1.54, 1.807) is 13.8 Å². The Balaban J connectivity index is 4.37. The Kier molecular flexibility index (Phi) is 4.72. The minimum absolute atomic E-state index is 0.801. The Bertz CT molecular complexity index is 297. The van der Waals surface area contributed by atoms with Crippen LogP contribution in [0.2, 0.25) is 0 Å². The van der Waals surface area contributed by atoms with Crippen LogP contribution in [0.25, 0.3) is 0 Å². The Morgan fingerprint density at radius 3 is 2.46 bits per heavy atom. The van der Waals surface area contributed by atoms with Crippen molar-refractivity contribution >= 4 is 11.1 Å². The van der Waals surface area contributed by atoms with Gasteiger partial charge in [-0.15, -0.1) is 12.2 Å². The minimum atomic E-state index is -1.51. The normalized spacial score (nSPS) is 12.5. The zero-order chi connectivity index (χ0) is 10.5. The minimum Gasteiger partial charge on any atom is -0.267 e. The molecule has 0 bridgehead atoms. The van der Waals surface area contributed by atoms with E-state index in [2.05, 4.69) is 11.7 Å². The summed E-state index contributed by atoms with van der Waals surface area (Å²) in [5, 5.41) is 1.36. The molecule has 0 saturated heterocycles. The predicted octanol–water partition coefficient (Wildman–Crippen LogP) is 2.16. The molecule has 0 aliphatic heterocycles. The van der Waals surface area contributed by atoms with Crippen molar-refractivity contribution in [1.29, 1.82) is 0 Å². The average molecular weight is 198 g/mol. The van der Waals surface area contributed by atoms with Crippen molar-refractivity contribution in [1.82, 2.24) is 0 Å². The molecule has 0 aliphatic carbocycles. The number of terminal acetylenes is 1. The van der Waals surface area contributed by atoms with Gasteiger partial charge in [-0.2, -0.15) is 0 Å². The molecule has 0 radical (unpaired) electrons. The third-order valence-corrected chi connectivity index (χ3v) is 1.97. The quantitative estimate of drug-likeness (QED) is 0.513. The molecule has 0 rings (SSSR count). The zero-order valence-electron chi connectivity index (χ0n) is 8.38. The smallest absolute Gasteiger partial charge is 0.191 e. The first kappa shape index (κ1) is 12.2. The predicted molar refractivity (Wildman–Crippen MR) is 55.1 cm³/mol. The molecule has 0 aliphatic rings. The van der Waals surface area contributed by atoms with Crippen LogP contribution in [0.1, 0.15) is 27.7 Å². The fourth-order valence-electron chi connectivity index (χ4n) is 0.419. The van der Waals surface area contributed by atoms with Gasteiger partial charge in [-0.25, -0.2) is 4.21 Å². The van der Waals surface area contributed by atoms with E-state index in [0.29, 0.717) is 0 Å². The Morgan fingerprint density at radius 1 is 1.54 bits per heavy atom. The largest absolute Gasteiger partial charge is 0.267 e. The summed E-state index contributed by atoms with van der Waals surface area (Å²) >= 11 is -1.51. The molecule has 72 valence electrons. The van der Waals surface area contributed by atoms with Gasteiger partial charge in [-0.05, 0) is 33.3 Å². The number of hydrogen-bond donors (Lipinski definition) is 0. The van der Waals surface area contributed by atoms with Crippen LogP contribution < -0.4 is 0 Å². The van der Waals surface area contributed by atoms with Gasteiger partial charge in [0.05, 0.1) is 5.41 Å². The van der Waals surface area contributed by atoms with Crippen molar-refractivity contribution in [3.63, 3.8) is 0 Å². The molecule has 3 heteroatoms. The van der Waals surface area contributed by atoms with Gasteiger partial charge in [0, 0.05) is 0 Å². The Labute approximate surface area is 82.3 Å². The summed E-state index contributed by atoms with van der Waals surface area (Å²) in [6, 6.07) is 0. The molecule has 2 nitrogen and oxygen atoms in total. The van der Waals surface area contributed by atoms with Gasteiger partial charge in [-0.3, -0.25) is 4.18 Å². The van der Waals surface area contributed by atoms with Gasteiger partial charge in [0.25, 0.3) is 0 Å². The van der Waals surface area contributed by atoms with Crippen LogP contribution in [0, 0.1) is 12.3 Å². The zero-order valence-corrected chi connectivity index (χ0v) is 9.20. The summed E-state index contributed by atoms with van der Waals surface area (Å²) in [5.74, 6) is 2.39. The van der Waals surface area contributed by atoms with E-state index in [0.717, 1.165) is 5.57 Å². The van der Waals surface area contributed by atoms with E-state index in [9.17, 15) is 4.21 Å². The third kappa shape index (κ3) is 6.36. The summed E-state index contributed by atoms with van der Waals surface area (Å²) in [7, 11) is 0. The second-order valence-corrected chi connectivity index (χ2v) is 4.18. The maximum atomic E-state index is 11.2.